The summed E-state index contributed by atoms with van der Waals surface area (Å²) in [7, 11) is -2.09. The molecule has 0 amide bonds. The highest BCUT2D eigenvalue weighted by Gasteiger charge is 2.31. The average molecular weight is 359 g/mol. The molecule has 24 heavy (non-hydrogen) atoms. The van der Waals surface area contributed by atoms with E-state index >= 15 is 0 Å². The van der Waals surface area contributed by atoms with Crippen LogP contribution in [0.5, 0.6) is 11.5 Å². The largest absolute Gasteiger partial charge is 0.490 e. The van der Waals surface area contributed by atoms with Gasteiger partial charge in [0.15, 0.2) is 11.5 Å². The van der Waals surface area contributed by atoms with Gasteiger partial charge in [0.2, 0.25) is 0 Å². The van der Waals surface area contributed by atoms with E-state index in [1.807, 2.05) is 6.92 Å². The smallest absolute Gasteiger partial charge is 0.342 e. The summed E-state index contributed by atoms with van der Waals surface area (Å²) >= 11 is 0. The van der Waals surface area contributed by atoms with E-state index in [-0.39, 0.29) is 12.5 Å². The minimum absolute atomic E-state index is 0.202. The number of hydrogen-bond acceptors (Lipinski definition) is 6. The summed E-state index contributed by atoms with van der Waals surface area (Å²) in [5.41, 5.74) is 0. The quantitative estimate of drug-likeness (QED) is 0.507. The van der Waals surface area contributed by atoms with Crippen LogP contribution in [0.15, 0.2) is 24.3 Å². The fraction of sp³-hybridized carbons (Fsp3) is 0.562. The predicted molar refractivity (Wildman–Crippen MR) is 91.5 cm³/mol. The predicted octanol–water partition coefficient (Wildman–Crippen LogP) is 3.19. The molecule has 0 saturated carbocycles. The van der Waals surface area contributed by atoms with Gasteiger partial charge < -0.3 is 18.7 Å². The van der Waals surface area contributed by atoms with Gasteiger partial charge >= 0.3 is 13.5 Å². The lowest BCUT2D eigenvalue weighted by Gasteiger charge is -2.24. The van der Waals surface area contributed by atoms with E-state index in [9.17, 15) is 9.36 Å². The topological polar surface area (TPSA) is 83.1 Å². The Bertz CT molecular complexity index is 577. The van der Waals surface area contributed by atoms with Gasteiger partial charge in [0.05, 0.1) is 12.7 Å². The summed E-state index contributed by atoms with van der Waals surface area (Å²) in [6, 6.07) is 6.08. The van der Waals surface area contributed by atoms with Crippen LogP contribution in [0.25, 0.3) is 0 Å². The molecule has 0 heterocycles. The molecule has 136 valence electrons. The van der Waals surface area contributed by atoms with E-state index in [1.165, 1.54) is 7.11 Å². The highest BCUT2D eigenvalue weighted by Crippen LogP contribution is 2.46. The van der Waals surface area contributed by atoms with Gasteiger partial charge in [-0.15, -0.1) is 0 Å². The van der Waals surface area contributed by atoms with Gasteiger partial charge in [-0.05, 0) is 39.8 Å². The summed E-state index contributed by atoms with van der Waals surface area (Å²) in [5, 5.41) is 2.70. The second kappa shape index (κ2) is 9.67. The van der Waals surface area contributed by atoms with Gasteiger partial charge in [0.1, 0.15) is 12.4 Å². The third kappa shape index (κ3) is 6.51. The maximum absolute atomic E-state index is 13.0. The zero-order chi connectivity index (χ0) is 18.2. The maximum atomic E-state index is 13.0. The van der Waals surface area contributed by atoms with Crippen LogP contribution in [0.2, 0.25) is 0 Å². The molecule has 0 aromatic heterocycles. The molecular formula is C16H26NO6P. The van der Waals surface area contributed by atoms with Crippen molar-refractivity contribution in [2.45, 2.75) is 39.8 Å². The number of methoxy groups -OCH3 is 1. The van der Waals surface area contributed by atoms with Crippen LogP contribution < -0.4 is 14.3 Å². The number of carbonyl (C=O) groups is 1. The summed E-state index contributed by atoms with van der Waals surface area (Å²) in [6.07, 6.45) is -0.463. The Kier molecular flexibility index (Phi) is 8.25. The summed E-state index contributed by atoms with van der Waals surface area (Å²) in [5.74, 6) is 0.273. The van der Waals surface area contributed by atoms with E-state index in [4.69, 9.17) is 18.7 Å². The number of nitrogens with one attached hydrogen (secondary N) is 1. The van der Waals surface area contributed by atoms with Crippen LogP contribution in [-0.4, -0.2) is 38.2 Å². The van der Waals surface area contributed by atoms with Gasteiger partial charge in [-0.25, -0.2) is 5.09 Å². The Morgan fingerprint density at radius 1 is 1.21 bits per heavy atom. The first-order valence-corrected chi connectivity index (χ1v) is 9.60. The normalized spacial score (nSPS) is 14.8. The van der Waals surface area contributed by atoms with E-state index in [0.717, 1.165) is 0 Å². The van der Waals surface area contributed by atoms with E-state index < -0.39 is 19.5 Å². The standard InChI is InChI=1S/C16H26NO6P/c1-6-21-14-9-7-8-10-15(14)23-24(19,11-20-5)17-13(4)16(18)22-12(2)3/h7-10,12-13H,6,11H2,1-5H3,(H,17,19)/t13-,24?/m0/s1. The monoisotopic (exact) mass is 359 g/mol. The number of ether oxygens (including phenoxy) is 3. The highest BCUT2D eigenvalue weighted by atomic mass is 31.2. The third-order valence-electron chi connectivity index (χ3n) is 2.79. The Labute approximate surface area is 143 Å². The molecule has 1 aromatic carbocycles. The molecular weight excluding hydrogens is 333 g/mol. The van der Waals surface area contributed by atoms with Crippen molar-refractivity contribution in [2.24, 2.45) is 0 Å². The molecule has 0 fully saturated rings. The number of carbonyl (C=O) groups excluding carboxylic acids is 1. The molecule has 1 unspecified atom stereocenters. The van der Waals surface area contributed by atoms with Crippen molar-refractivity contribution in [2.75, 3.05) is 20.1 Å². The molecule has 1 N–H and O–H groups in total. The molecule has 1 rings (SSSR count). The number of rotatable bonds is 10. The Morgan fingerprint density at radius 2 is 1.83 bits per heavy atom. The summed E-state index contributed by atoms with van der Waals surface area (Å²) in [4.78, 5) is 11.9. The van der Waals surface area contributed by atoms with Crippen LogP contribution in [0, 0.1) is 0 Å². The Morgan fingerprint density at radius 3 is 2.38 bits per heavy atom. The van der Waals surface area contributed by atoms with Crippen molar-refractivity contribution in [3.8, 4) is 11.5 Å². The summed E-state index contributed by atoms with van der Waals surface area (Å²) in [6.45, 7) is 7.33. The molecule has 7 nitrogen and oxygen atoms in total. The van der Waals surface area contributed by atoms with E-state index in [1.54, 1.807) is 45.0 Å². The van der Waals surface area contributed by atoms with Gasteiger partial charge in [-0.1, -0.05) is 12.1 Å². The number of benzene rings is 1. The maximum Gasteiger partial charge on any atom is 0.342 e. The van der Waals surface area contributed by atoms with Crippen molar-refractivity contribution in [1.82, 2.24) is 5.09 Å². The zero-order valence-electron chi connectivity index (χ0n) is 14.8. The lowest BCUT2D eigenvalue weighted by molar-refractivity contribution is -0.149. The molecule has 1 aromatic rings. The van der Waals surface area contributed by atoms with Gasteiger partial charge in [0.25, 0.3) is 0 Å². The van der Waals surface area contributed by atoms with Gasteiger partial charge in [-0.3, -0.25) is 9.36 Å². The van der Waals surface area contributed by atoms with Crippen molar-refractivity contribution < 1.29 is 28.1 Å². The summed E-state index contributed by atoms with van der Waals surface area (Å²) < 4.78 is 34.2. The highest BCUT2D eigenvalue weighted by molar-refractivity contribution is 7.57. The number of hydrogen-bond donors (Lipinski definition) is 1. The molecule has 0 aliphatic heterocycles. The molecule has 0 radical (unpaired) electrons. The first-order chi connectivity index (χ1) is 11.3. The molecule has 0 saturated heterocycles. The van der Waals surface area contributed by atoms with Crippen LogP contribution in [-0.2, 0) is 18.8 Å². The van der Waals surface area contributed by atoms with Crippen molar-refractivity contribution in [1.29, 1.82) is 0 Å². The van der Waals surface area contributed by atoms with Crippen molar-refractivity contribution >= 4 is 13.5 Å². The van der Waals surface area contributed by atoms with Gasteiger partial charge in [-0.2, -0.15) is 0 Å². The lowest BCUT2D eigenvalue weighted by Crippen LogP contribution is -2.36. The minimum atomic E-state index is -3.50. The second-order valence-electron chi connectivity index (χ2n) is 5.40. The molecule has 0 spiro atoms. The number of esters is 1. The molecule has 8 heteroatoms. The Balaban J connectivity index is 2.92. The van der Waals surface area contributed by atoms with Crippen LogP contribution in [0.4, 0.5) is 0 Å². The molecule has 0 bridgehead atoms. The first kappa shape index (κ1) is 20.5. The zero-order valence-corrected chi connectivity index (χ0v) is 15.7. The molecule has 0 aliphatic rings. The minimum Gasteiger partial charge on any atom is -0.490 e. The fourth-order valence-corrected chi connectivity index (χ4v) is 3.59. The average Bonchev–Trinajstić information content (AvgIpc) is 2.48. The van der Waals surface area contributed by atoms with Crippen LogP contribution >= 0.6 is 7.52 Å². The van der Waals surface area contributed by atoms with E-state index in [2.05, 4.69) is 5.09 Å². The lowest BCUT2D eigenvalue weighted by atomic mass is 10.3. The first-order valence-electron chi connectivity index (χ1n) is 7.79. The van der Waals surface area contributed by atoms with E-state index in [0.29, 0.717) is 18.1 Å². The van der Waals surface area contributed by atoms with Gasteiger partial charge in [0, 0.05) is 7.11 Å². The van der Waals surface area contributed by atoms with Crippen LogP contribution in [0.1, 0.15) is 27.7 Å². The number of para-hydroxylation sites is 2. The Hall–Kier alpha value is -1.56. The molecule has 2 atom stereocenters. The molecule has 0 aliphatic carbocycles. The third-order valence-corrected chi connectivity index (χ3v) is 4.66. The van der Waals surface area contributed by atoms with Crippen molar-refractivity contribution in [3.63, 3.8) is 0 Å². The SMILES string of the molecule is CCOc1ccccc1OP(=O)(COC)N[C@@H](C)C(=O)OC(C)C. The fourth-order valence-electron chi connectivity index (χ4n) is 1.90. The van der Waals surface area contributed by atoms with Crippen LogP contribution in [0.3, 0.4) is 0 Å². The van der Waals surface area contributed by atoms with Crippen molar-refractivity contribution in [3.05, 3.63) is 24.3 Å². The second-order valence-corrected chi connectivity index (χ2v) is 7.44.